The zero-order valence-electron chi connectivity index (χ0n) is 18.0. The van der Waals surface area contributed by atoms with Crippen LogP contribution in [0.5, 0.6) is 11.5 Å². The highest BCUT2D eigenvalue weighted by Gasteiger charge is 2.10. The van der Waals surface area contributed by atoms with Crippen molar-refractivity contribution in [2.24, 2.45) is 0 Å². The second-order valence-corrected chi connectivity index (χ2v) is 7.48. The van der Waals surface area contributed by atoms with E-state index >= 15 is 0 Å². The average Bonchev–Trinajstić information content (AvgIpc) is 2.78. The third kappa shape index (κ3) is 5.61. The van der Waals surface area contributed by atoms with E-state index in [4.69, 9.17) is 14.5 Å². The zero-order valence-corrected chi connectivity index (χ0v) is 18.0. The van der Waals surface area contributed by atoms with E-state index in [9.17, 15) is 0 Å². The first-order chi connectivity index (χ1) is 15.2. The number of hydrogen-bond donors (Lipinski definition) is 1. The maximum atomic E-state index is 5.93. The zero-order chi connectivity index (χ0) is 21.5. The molecule has 0 fully saturated rings. The van der Waals surface area contributed by atoms with Crippen LogP contribution in [0.2, 0.25) is 0 Å². The standard InChI is InChI=1S/C25H28N4O2/c1-3-30-24-11-10-21-16-20(24)18-29(2)14-5-4-6-15-31-22-9-7-8-19(17-22)23-12-13-26-25(27-21)28-23/h4-5,7-13,16-17H,3,6,14-15,18H2,1-2H3,(H,26,27,28)/b5-4+. The summed E-state index contributed by atoms with van der Waals surface area (Å²) < 4.78 is 11.8. The molecule has 1 N–H and O–H groups in total. The molecule has 0 radical (unpaired) electrons. The quantitative estimate of drug-likeness (QED) is 0.590. The molecular weight excluding hydrogens is 388 g/mol. The molecule has 4 rings (SSSR count). The molecule has 6 bridgehead atoms. The number of benzene rings is 2. The van der Waals surface area contributed by atoms with Crippen LogP contribution >= 0.6 is 0 Å². The molecule has 0 spiro atoms. The van der Waals surface area contributed by atoms with E-state index in [0.29, 0.717) is 19.2 Å². The summed E-state index contributed by atoms with van der Waals surface area (Å²) in [6.45, 7) is 4.90. The summed E-state index contributed by atoms with van der Waals surface area (Å²) in [4.78, 5) is 11.4. The molecule has 3 aromatic rings. The Balaban J connectivity index is 1.69. The summed E-state index contributed by atoms with van der Waals surface area (Å²) in [7, 11) is 2.10. The molecule has 6 heteroatoms. The number of likely N-dealkylation sites (N-methyl/N-ethyl adjacent to an activating group) is 1. The molecule has 6 nitrogen and oxygen atoms in total. The predicted molar refractivity (Wildman–Crippen MR) is 124 cm³/mol. The van der Waals surface area contributed by atoms with Crippen LogP contribution < -0.4 is 14.8 Å². The summed E-state index contributed by atoms with van der Waals surface area (Å²) >= 11 is 0. The van der Waals surface area contributed by atoms with Gasteiger partial charge in [0.1, 0.15) is 11.5 Å². The Morgan fingerprint density at radius 3 is 2.97 bits per heavy atom. The van der Waals surface area contributed by atoms with Gasteiger partial charge in [-0.05, 0) is 56.8 Å². The van der Waals surface area contributed by atoms with E-state index in [1.807, 2.05) is 49.4 Å². The van der Waals surface area contributed by atoms with Crippen molar-refractivity contribution in [1.29, 1.82) is 0 Å². The van der Waals surface area contributed by atoms with E-state index in [1.54, 1.807) is 6.20 Å². The highest BCUT2D eigenvalue weighted by Crippen LogP contribution is 2.27. The molecule has 1 aromatic heterocycles. The van der Waals surface area contributed by atoms with E-state index in [1.165, 1.54) is 0 Å². The summed E-state index contributed by atoms with van der Waals surface area (Å²) in [6.07, 6.45) is 6.98. The lowest BCUT2D eigenvalue weighted by Gasteiger charge is -2.19. The van der Waals surface area contributed by atoms with Crippen LogP contribution in [0.1, 0.15) is 18.9 Å². The predicted octanol–water partition coefficient (Wildman–Crippen LogP) is 5.06. The Morgan fingerprint density at radius 2 is 2.06 bits per heavy atom. The molecular formula is C25H28N4O2. The van der Waals surface area contributed by atoms with Crippen molar-refractivity contribution >= 4 is 11.6 Å². The lowest BCUT2D eigenvalue weighted by atomic mass is 10.1. The van der Waals surface area contributed by atoms with Crippen LogP contribution in [0.3, 0.4) is 0 Å². The third-order valence-electron chi connectivity index (χ3n) is 4.98. The Kier molecular flexibility index (Phi) is 6.79. The third-order valence-corrected chi connectivity index (χ3v) is 4.98. The second-order valence-electron chi connectivity index (χ2n) is 7.48. The molecule has 1 aliphatic rings. The van der Waals surface area contributed by atoms with E-state index in [2.05, 4.69) is 40.5 Å². The van der Waals surface area contributed by atoms with Crippen LogP contribution in [0.15, 0.2) is 66.9 Å². The fourth-order valence-corrected chi connectivity index (χ4v) is 3.50. The van der Waals surface area contributed by atoms with Gasteiger partial charge in [-0.2, -0.15) is 0 Å². The van der Waals surface area contributed by atoms with Gasteiger partial charge in [-0.1, -0.05) is 24.3 Å². The van der Waals surface area contributed by atoms with Crippen LogP contribution in [-0.4, -0.2) is 41.7 Å². The van der Waals surface area contributed by atoms with Gasteiger partial charge in [0, 0.05) is 36.1 Å². The molecule has 0 aliphatic carbocycles. The molecule has 1 aliphatic heterocycles. The van der Waals surface area contributed by atoms with Crippen LogP contribution in [0, 0.1) is 0 Å². The molecule has 0 saturated carbocycles. The number of rotatable bonds is 2. The van der Waals surface area contributed by atoms with E-state index < -0.39 is 0 Å². The van der Waals surface area contributed by atoms with Crippen molar-refractivity contribution in [3.05, 3.63) is 72.4 Å². The van der Waals surface area contributed by atoms with Gasteiger partial charge in [0.05, 0.1) is 18.9 Å². The molecule has 0 unspecified atom stereocenters. The van der Waals surface area contributed by atoms with Crippen molar-refractivity contribution in [3.63, 3.8) is 0 Å². The number of anilines is 2. The number of ether oxygens (including phenoxy) is 2. The minimum absolute atomic E-state index is 0.552. The van der Waals surface area contributed by atoms with Gasteiger partial charge >= 0.3 is 0 Å². The minimum Gasteiger partial charge on any atom is -0.494 e. The van der Waals surface area contributed by atoms with E-state index in [0.717, 1.165) is 53.5 Å². The van der Waals surface area contributed by atoms with Gasteiger partial charge < -0.3 is 14.8 Å². The monoisotopic (exact) mass is 416 g/mol. The van der Waals surface area contributed by atoms with Crippen LogP contribution in [-0.2, 0) is 6.54 Å². The van der Waals surface area contributed by atoms with Gasteiger partial charge in [-0.25, -0.2) is 9.97 Å². The SMILES string of the molecule is CCOc1ccc2cc1CN(C)C/C=C/CCOc1cccc(c1)-c1ccnc(n1)N2. The fourth-order valence-electron chi connectivity index (χ4n) is 3.50. The van der Waals surface area contributed by atoms with Crippen molar-refractivity contribution in [2.75, 3.05) is 32.1 Å². The number of hydrogen-bond acceptors (Lipinski definition) is 6. The molecule has 2 heterocycles. The average molecular weight is 417 g/mol. The largest absolute Gasteiger partial charge is 0.494 e. The molecule has 0 amide bonds. The highest BCUT2D eigenvalue weighted by molar-refractivity contribution is 5.64. The first-order valence-corrected chi connectivity index (χ1v) is 10.6. The summed E-state index contributed by atoms with van der Waals surface area (Å²) in [5.41, 5.74) is 3.89. The van der Waals surface area contributed by atoms with Crippen molar-refractivity contribution in [2.45, 2.75) is 19.9 Å². The number of nitrogens with zero attached hydrogens (tertiary/aromatic N) is 3. The lowest BCUT2D eigenvalue weighted by Crippen LogP contribution is -2.18. The maximum Gasteiger partial charge on any atom is 0.227 e. The van der Waals surface area contributed by atoms with Gasteiger partial charge in [0.2, 0.25) is 5.95 Å². The molecule has 0 saturated heterocycles. The Labute approximate surface area is 183 Å². The van der Waals surface area contributed by atoms with Crippen LogP contribution in [0.4, 0.5) is 11.6 Å². The Morgan fingerprint density at radius 1 is 1.13 bits per heavy atom. The highest BCUT2D eigenvalue weighted by atomic mass is 16.5. The molecule has 0 atom stereocenters. The smallest absolute Gasteiger partial charge is 0.227 e. The second kappa shape index (κ2) is 10.1. The van der Waals surface area contributed by atoms with Crippen molar-refractivity contribution < 1.29 is 9.47 Å². The summed E-state index contributed by atoms with van der Waals surface area (Å²) in [6, 6.07) is 16.0. The summed E-state index contributed by atoms with van der Waals surface area (Å²) in [5, 5.41) is 3.34. The minimum atomic E-state index is 0.552. The van der Waals surface area contributed by atoms with Gasteiger partial charge in [0.15, 0.2) is 0 Å². The van der Waals surface area contributed by atoms with Crippen LogP contribution in [0.25, 0.3) is 11.3 Å². The van der Waals surface area contributed by atoms with Gasteiger partial charge in [-0.3, -0.25) is 4.90 Å². The first kappa shape index (κ1) is 20.9. The number of aromatic nitrogens is 2. The molecule has 2 aromatic carbocycles. The molecule has 31 heavy (non-hydrogen) atoms. The molecule has 160 valence electrons. The lowest BCUT2D eigenvalue weighted by molar-refractivity contribution is 0.316. The maximum absolute atomic E-state index is 5.93. The number of fused-ring (bicyclic) bond motifs is 7. The Bertz CT molecular complexity index is 1050. The van der Waals surface area contributed by atoms with Crippen molar-refractivity contribution in [3.8, 4) is 22.8 Å². The number of nitrogens with one attached hydrogen (secondary N) is 1. The first-order valence-electron chi connectivity index (χ1n) is 10.6. The topological polar surface area (TPSA) is 59.5 Å². The summed E-state index contributed by atoms with van der Waals surface area (Å²) in [5.74, 6) is 2.29. The fraction of sp³-hybridized carbons (Fsp3) is 0.280. The van der Waals surface area contributed by atoms with Crippen molar-refractivity contribution in [1.82, 2.24) is 14.9 Å². The van der Waals surface area contributed by atoms with Gasteiger partial charge in [0.25, 0.3) is 0 Å². The van der Waals surface area contributed by atoms with Gasteiger partial charge in [-0.15, -0.1) is 0 Å². The van der Waals surface area contributed by atoms with E-state index in [-0.39, 0.29) is 0 Å². The Hall–Kier alpha value is -3.38. The normalized spacial score (nSPS) is 15.7.